The molecular formula is C35H21ClN2S. The van der Waals surface area contributed by atoms with Gasteiger partial charge < -0.3 is 0 Å². The van der Waals surface area contributed by atoms with Crippen molar-refractivity contribution in [2.24, 2.45) is 0 Å². The van der Waals surface area contributed by atoms with E-state index in [4.69, 9.17) is 16.6 Å². The highest BCUT2D eigenvalue weighted by molar-refractivity contribution is 7.26. The van der Waals surface area contributed by atoms with E-state index in [9.17, 15) is 0 Å². The Hall–Kier alpha value is -4.44. The van der Waals surface area contributed by atoms with E-state index in [1.165, 1.54) is 32.0 Å². The maximum atomic E-state index is 6.81. The molecule has 2 aromatic heterocycles. The largest absolute Gasteiger partial charge is 0.292 e. The predicted octanol–water partition coefficient (Wildman–Crippen LogP) is 10.5. The van der Waals surface area contributed by atoms with E-state index < -0.39 is 0 Å². The van der Waals surface area contributed by atoms with Crippen molar-refractivity contribution in [2.75, 3.05) is 0 Å². The van der Waals surface area contributed by atoms with Crippen molar-refractivity contribution in [3.05, 3.63) is 132 Å². The SMILES string of the molecule is Clc1ccc(-c2nc3ccc4ccccc4c3n2-c2ccc(-c3ccccc3)cc2)c2sc3ccccc3c12. The minimum Gasteiger partial charge on any atom is -0.292 e. The second-order valence-electron chi connectivity index (χ2n) is 9.74. The summed E-state index contributed by atoms with van der Waals surface area (Å²) in [4.78, 5) is 5.27. The van der Waals surface area contributed by atoms with Crippen molar-refractivity contribution in [2.45, 2.75) is 0 Å². The molecule has 0 aliphatic carbocycles. The first kappa shape index (κ1) is 22.5. The van der Waals surface area contributed by atoms with Crippen molar-refractivity contribution in [3.8, 4) is 28.2 Å². The van der Waals surface area contributed by atoms with Gasteiger partial charge in [-0.15, -0.1) is 11.3 Å². The Kier molecular flexibility index (Phi) is 5.09. The molecule has 0 N–H and O–H groups in total. The summed E-state index contributed by atoms with van der Waals surface area (Å²) in [6.45, 7) is 0. The van der Waals surface area contributed by atoms with Gasteiger partial charge in [0.1, 0.15) is 5.82 Å². The molecule has 2 heterocycles. The third-order valence-corrected chi connectivity index (χ3v) is 9.01. The van der Waals surface area contributed by atoms with Crippen LogP contribution >= 0.6 is 22.9 Å². The molecule has 8 rings (SSSR count). The first-order chi connectivity index (χ1) is 19.3. The number of aromatic nitrogens is 2. The minimum atomic E-state index is 0.770. The highest BCUT2D eigenvalue weighted by Gasteiger charge is 2.21. The van der Waals surface area contributed by atoms with Crippen molar-refractivity contribution in [3.63, 3.8) is 0 Å². The van der Waals surface area contributed by atoms with Crippen molar-refractivity contribution in [1.29, 1.82) is 0 Å². The molecule has 0 aliphatic rings. The van der Waals surface area contributed by atoms with Gasteiger partial charge in [-0.1, -0.05) is 103 Å². The molecule has 0 unspecified atom stereocenters. The number of fused-ring (bicyclic) bond motifs is 6. The lowest BCUT2D eigenvalue weighted by molar-refractivity contribution is 1.11. The lowest BCUT2D eigenvalue weighted by Crippen LogP contribution is -1.98. The topological polar surface area (TPSA) is 17.8 Å². The summed E-state index contributed by atoms with van der Waals surface area (Å²) in [6.07, 6.45) is 0. The Morgan fingerprint density at radius 1 is 0.615 bits per heavy atom. The Morgan fingerprint density at radius 2 is 1.33 bits per heavy atom. The van der Waals surface area contributed by atoms with Crippen LogP contribution in [-0.4, -0.2) is 9.55 Å². The lowest BCUT2D eigenvalue weighted by atomic mass is 10.0. The first-order valence-electron chi connectivity index (χ1n) is 12.9. The fourth-order valence-corrected chi connectivity index (χ4v) is 7.22. The molecular weight excluding hydrogens is 516 g/mol. The molecule has 0 saturated carbocycles. The Bertz CT molecular complexity index is 2170. The van der Waals surface area contributed by atoms with E-state index in [1.807, 2.05) is 12.1 Å². The van der Waals surface area contributed by atoms with Crippen molar-refractivity contribution >= 4 is 64.9 Å². The number of hydrogen-bond acceptors (Lipinski definition) is 2. The molecule has 0 saturated heterocycles. The standard InChI is InChI=1S/C35H21ClN2S/c36-29-20-19-28(34-32(29)27-12-6-7-13-31(27)39-34)35-37-30-21-16-24-10-4-5-11-26(24)33(30)38(35)25-17-14-23(15-18-25)22-8-2-1-3-9-22/h1-21H. The molecule has 4 heteroatoms. The maximum absolute atomic E-state index is 6.81. The summed E-state index contributed by atoms with van der Waals surface area (Å²) >= 11 is 8.58. The van der Waals surface area contributed by atoms with Gasteiger partial charge in [-0.3, -0.25) is 4.57 Å². The molecule has 0 radical (unpaired) electrons. The van der Waals surface area contributed by atoms with Crippen LogP contribution < -0.4 is 0 Å². The third-order valence-electron chi connectivity index (χ3n) is 7.49. The number of halogens is 1. The molecule has 0 spiro atoms. The van der Waals surface area contributed by atoms with Gasteiger partial charge in [-0.25, -0.2) is 4.98 Å². The quantitative estimate of drug-likeness (QED) is 0.219. The number of rotatable bonds is 3. The summed E-state index contributed by atoms with van der Waals surface area (Å²) in [7, 11) is 0. The van der Waals surface area contributed by atoms with Gasteiger partial charge in [0.25, 0.3) is 0 Å². The summed E-state index contributed by atoms with van der Waals surface area (Å²) in [5.41, 5.74) is 6.64. The van der Waals surface area contributed by atoms with Crippen LogP contribution in [0, 0.1) is 0 Å². The van der Waals surface area contributed by atoms with Crippen molar-refractivity contribution in [1.82, 2.24) is 9.55 Å². The van der Waals surface area contributed by atoms with Crippen LogP contribution in [0.15, 0.2) is 127 Å². The van der Waals surface area contributed by atoms with Crippen LogP contribution in [0.4, 0.5) is 0 Å². The Balaban J connectivity index is 1.45. The van der Waals surface area contributed by atoms with Gasteiger partial charge >= 0.3 is 0 Å². The normalized spacial score (nSPS) is 11.7. The minimum absolute atomic E-state index is 0.770. The van der Waals surface area contributed by atoms with E-state index >= 15 is 0 Å². The number of hydrogen-bond donors (Lipinski definition) is 0. The maximum Gasteiger partial charge on any atom is 0.147 e. The molecule has 184 valence electrons. The second kappa shape index (κ2) is 8.81. The van der Waals surface area contributed by atoms with E-state index in [0.29, 0.717) is 0 Å². The van der Waals surface area contributed by atoms with Crippen LogP contribution in [0.3, 0.4) is 0 Å². The van der Waals surface area contributed by atoms with Gasteiger partial charge in [0.05, 0.1) is 11.0 Å². The molecule has 0 amide bonds. The molecule has 0 fully saturated rings. The number of imidazole rings is 1. The molecule has 6 aromatic carbocycles. The average Bonchev–Trinajstić information content (AvgIpc) is 3.58. The fraction of sp³-hybridized carbons (Fsp3) is 0. The molecule has 0 atom stereocenters. The predicted molar refractivity (Wildman–Crippen MR) is 167 cm³/mol. The van der Waals surface area contributed by atoms with Crippen LogP contribution in [0.1, 0.15) is 0 Å². The van der Waals surface area contributed by atoms with Crippen LogP contribution in [0.5, 0.6) is 0 Å². The zero-order chi connectivity index (χ0) is 25.9. The lowest BCUT2D eigenvalue weighted by Gasteiger charge is -2.13. The summed E-state index contributed by atoms with van der Waals surface area (Å²) in [5, 5.41) is 5.43. The molecule has 2 nitrogen and oxygen atoms in total. The van der Waals surface area contributed by atoms with Gasteiger partial charge in [-0.05, 0) is 52.9 Å². The first-order valence-corrected chi connectivity index (χ1v) is 14.1. The van der Waals surface area contributed by atoms with Crippen molar-refractivity contribution < 1.29 is 0 Å². The number of thiophene rings is 1. The van der Waals surface area contributed by atoms with Gasteiger partial charge in [0.15, 0.2) is 0 Å². The van der Waals surface area contributed by atoms with Crippen LogP contribution in [-0.2, 0) is 0 Å². The van der Waals surface area contributed by atoms with E-state index in [0.717, 1.165) is 43.2 Å². The molecule has 39 heavy (non-hydrogen) atoms. The Morgan fingerprint density at radius 3 is 2.18 bits per heavy atom. The van der Waals surface area contributed by atoms with E-state index in [-0.39, 0.29) is 0 Å². The average molecular weight is 537 g/mol. The van der Waals surface area contributed by atoms with Gasteiger partial charge in [0, 0.05) is 41.8 Å². The van der Waals surface area contributed by atoms with Gasteiger partial charge in [0.2, 0.25) is 0 Å². The molecule has 8 aromatic rings. The number of nitrogens with zero attached hydrogens (tertiary/aromatic N) is 2. The summed E-state index contributed by atoms with van der Waals surface area (Å²) < 4.78 is 4.70. The summed E-state index contributed by atoms with van der Waals surface area (Å²) in [6, 6.07) is 44.7. The van der Waals surface area contributed by atoms with Crippen LogP contribution in [0.25, 0.3) is 70.2 Å². The van der Waals surface area contributed by atoms with E-state index in [2.05, 4.69) is 120 Å². The zero-order valence-electron chi connectivity index (χ0n) is 20.8. The van der Waals surface area contributed by atoms with Gasteiger partial charge in [-0.2, -0.15) is 0 Å². The smallest absolute Gasteiger partial charge is 0.147 e. The molecule has 0 bridgehead atoms. The highest BCUT2D eigenvalue weighted by Crippen LogP contribution is 2.44. The Labute approximate surface area is 234 Å². The fourth-order valence-electron chi connectivity index (χ4n) is 5.67. The van der Waals surface area contributed by atoms with E-state index in [1.54, 1.807) is 11.3 Å². The monoisotopic (exact) mass is 536 g/mol. The van der Waals surface area contributed by atoms with Crippen LogP contribution in [0.2, 0.25) is 5.02 Å². The zero-order valence-corrected chi connectivity index (χ0v) is 22.4. The number of benzene rings is 6. The highest BCUT2D eigenvalue weighted by atomic mass is 35.5. The summed E-state index contributed by atoms with van der Waals surface area (Å²) in [5.74, 6) is 0.919. The molecule has 0 aliphatic heterocycles. The second-order valence-corrected chi connectivity index (χ2v) is 11.2. The third kappa shape index (κ3) is 3.51.